The molecule has 4 N–H and O–H groups in total. The van der Waals surface area contributed by atoms with Gasteiger partial charge in [0.05, 0.1) is 24.2 Å². The van der Waals surface area contributed by atoms with Crippen LogP contribution >= 0.6 is 0 Å². The molecule has 1 atom stereocenters. The van der Waals surface area contributed by atoms with Gasteiger partial charge in [0.1, 0.15) is 11.8 Å². The number of hydrogen-bond donors (Lipinski definition) is 3. The number of nitrogens with two attached hydrogens (primary N) is 1. The summed E-state index contributed by atoms with van der Waals surface area (Å²) in [5.41, 5.74) is 7.82. The number of hydrogen-bond acceptors (Lipinski definition) is 4. The van der Waals surface area contributed by atoms with Gasteiger partial charge in [-0.05, 0) is 13.0 Å². The molecule has 1 aliphatic heterocycles. The van der Waals surface area contributed by atoms with Gasteiger partial charge < -0.3 is 21.1 Å². The third kappa shape index (κ3) is 1.56. The summed E-state index contributed by atoms with van der Waals surface area (Å²) in [7, 11) is 1.54. The highest BCUT2D eigenvalue weighted by molar-refractivity contribution is 6.03. The van der Waals surface area contributed by atoms with Crippen LogP contribution in [0, 0.1) is 0 Å². The van der Waals surface area contributed by atoms with Crippen LogP contribution in [-0.4, -0.2) is 19.1 Å². The molecule has 1 heterocycles. The number of methoxy groups -OCH3 is 1. The van der Waals surface area contributed by atoms with Gasteiger partial charge >= 0.3 is 0 Å². The fourth-order valence-electron chi connectivity index (χ4n) is 1.54. The van der Waals surface area contributed by atoms with E-state index in [0.29, 0.717) is 17.1 Å². The molecule has 1 unspecified atom stereocenters. The first-order valence-electron chi connectivity index (χ1n) is 4.66. The van der Waals surface area contributed by atoms with Gasteiger partial charge in [-0.3, -0.25) is 4.79 Å². The molecule has 0 fully saturated rings. The molecule has 2 rings (SSSR count). The maximum absolute atomic E-state index is 11.4. The Bertz CT molecular complexity index is 417. The summed E-state index contributed by atoms with van der Waals surface area (Å²) < 4.78 is 5.07. The highest BCUT2D eigenvalue weighted by atomic mass is 16.5. The lowest BCUT2D eigenvalue weighted by atomic mass is 10.1. The van der Waals surface area contributed by atoms with Crippen LogP contribution in [-0.2, 0) is 4.79 Å². The highest BCUT2D eigenvalue weighted by Crippen LogP contribution is 2.35. The number of amides is 1. The van der Waals surface area contributed by atoms with Crippen LogP contribution in [0.3, 0.4) is 0 Å². The van der Waals surface area contributed by atoms with Gasteiger partial charge in [-0.15, -0.1) is 0 Å². The van der Waals surface area contributed by atoms with Crippen LogP contribution < -0.4 is 21.1 Å². The number of nitrogens with one attached hydrogen (secondary N) is 2. The van der Waals surface area contributed by atoms with E-state index < -0.39 is 0 Å². The molecule has 0 radical (unpaired) electrons. The SMILES string of the molecule is COc1cc2c(cc1N)NC(C)C(=O)N2. The number of fused-ring (bicyclic) bond motifs is 1. The molecule has 0 spiro atoms. The Balaban J connectivity index is 2.45. The van der Waals surface area contributed by atoms with Crippen molar-refractivity contribution in [3.05, 3.63) is 12.1 Å². The van der Waals surface area contributed by atoms with Crippen molar-refractivity contribution in [2.75, 3.05) is 23.5 Å². The minimum atomic E-state index is -0.245. The number of nitrogen functional groups attached to an aromatic ring is 1. The van der Waals surface area contributed by atoms with Crippen LogP contribution in [0.1, 0.15) is 6.92 Å². The van der Waals surface area contributed by atoms with E-state index in [1.54, 1.807) is 26.2 Å². The van der Waals surface area contributed by atoms with E-state index >= 15 is 0 Å². The van der Waals surface area contributed by atoms with Crippen molar-refractivity contribution >= 4 is 23.0 Å². The quantitative estimate of drug-likeness (QED) is 0.601. The molecule has 80 valence electrons. The van der Waals surface area contributed by atoms with E-state index in [1.807, 2.05) is 0 Å². The Morgan fingerprint density at radius 2 is 2.13 bits per heavy atom. The molecular formula is C10H13N3O2. The number of benzene rings is 1. The minimum absolute atomic E-state index is 0.0608. The van der Waals surface area contributed by atoms with Gasteiger partial charge in [-0.1, -0.05) is 0 Å². The predicted octanol–water partition coefficient (Wildman–Crippen LogP) is 1.03. The van der Waals surface area contributed by atoms with Crippen molar-refractivity contribution < 1.29 is 9.53 Å². The number of carbonyl (C=O) groups excluding carboxylic acids is 1. The molecule has 1 aromatic rings. The topological polar surface area (TPSA) is 76.4 Å². The summed E-state index contributed by atoms with van der Waals surface area (Å²) >= 11 is 0. The van der Waals surface area contributed by atoms with Crippen molar-refractivity contribution in [2.45, 2.75) is 13.0 Å². The molecule has 15 heavy (non-hydrogen) atoms. The Morgan fingerprint density at radius 3 is 2.80 bits per heavy atom. The van der Waals surface area contributed by atoms with E-state index in [0.717, 1.165) is 5.69 Å². The highest BCUT2D eigenvalue weighted by Gasteiger charge is 2.22. The standard InChI is InChI=1S/C10H13N3O2/c1-5-10(14)13-8-4-9(15-2)6(11)3-7(8)12-5/h3-5,12H,11H2,1-2H3,(H,13,14). The largest absolute Gasteiger partial charge is 0.495 e. The summed E-state index contributed by atoms with van der Waals surface area (Å²) in [4.78, 5) is 11.4. The van der Waals surface area contributed by atoms with Gasteiger partial charge in [0.2, 0.25) is 5.91 Å². The van der Waals surface area contributed by atoms with Crippen molar-refractivity contribution in [2.24, 2.45) is 0 Å². The Morgan fingerprint density at radius 1 is 1.40 bits per heavy atom. The molecular weight excluding hydrogens is 194 g/mol. The van der Waals surface area contributed by atoms with E-state index in [4.69, 9.17) is 10.5 Å². The molecule has 0 aliphatic carbocycles. The van der Waals surface area contributed by atoms with Crippen LogP contribution in [0.2, 0.25) is 0 Å². The molecule has 1 aromatic carbocycles. The molecule has 5 nitrogen and oxygen atoms in total. The molecule has 0 saturated carbocycles. The van der Waals surface area contributed by atoms with Crippen molar-refractivity contribution in [3.63, 3.8) is 0 Å². The second kappa shape index (κ2) is 3.34. The third-order valence-corrected chi connectivity index (χ3v) is 2.39. The first-order valence-corrected chi connectivity index (χ1v) is 4.66. The van der Waals surface area contributed by atoms with Gasteiger partial charge in [0.25, 0.3) is 0 Å². The van der Waals surface area contributed by atoms with Gasteiger partial charge in [-0.2, -0.15) is 0 Å². The molecule has 1 amide bonds. The monoisotopic (exact) mass is 207 g/mol. The molecule has 0 aromatic heterocycles. The van der Waals surface area contributed by atoms with Crippen molar-refractivity contribution in [3.8, 4) is 5.75 Å². The summed E-state index contributed by atoms with van der Waals surface area (Å²) in [6.07, 6.45) is 0. The van der Waals surface area contributed by atoms with Crippen molar-refractivity contribution in [1.29, 1.82) is 0 Å². The fourth-order valence-corrected chi connectivity index (χ4v) is 1.54. The first-order chi connectivity index (χ1) is 7.11. The summed E-state index contributed by atoms with van der Waals surface area (Å²) in [5.74, 6) is 0.500. The van der Waals surface area contributed by atoms with Crippen LogP contribution in [0.15, 0.2) is 12.1 Å². The maximum atomic E-state index is 11.4. The van der Waals surface area contributed by atoms with Gasteiger partial charge in [0.15, 0.2) is 0 Å². The third-order valence-electron chi connectivity index (χ3n) is 2.39. The zero-order valence-electron chi connectivity index (χ0n) is 8.63. The normalized spacial score (nSPS) is 18.8. The number of carbonyl (C=O) groups is 1. The molecule has 5 heteroatoms. The summed E-state index contributed by atoms with van der Waals surface area (Å²) in [6, 6.07) is 3.22. The minimum Gasteiger partial charge on any atom is -0.495 e. The fraction of sp³-hybridized carbons (Fsp3) is 0.300. The van der Waals surface area contributed by atoms with Crippen LogP contribution in [0.25, 0.3) is 0 Å². The van der Waals surface area contributed by atoms with E-state index in [1.165, 1.54) is 0 Å². The lowest BCUT2D eigenvalue weighted by Gasteiger charge is -2.25. The van der Waals surface area contributed by atoms with Crippen molar-refractivity contribution in [1.82, 2.24) is 0 Å². The van der Waals surface area contributed by atoms with E-state index in [2.05, 4.69) is 10.6 Å². The first kappa shape index (κ1) is 9.64. The zero-order valence-corrected chi connectivity index (χ0v) is 8.63. The van der Waals surface area contributed by atoms with Crippen LogP contribution in [0.5, 0.6) is 5.75 Å². The predicted molar refractivity (Wildman–Crippen MR) is 59.1 cm³/mol. The van der Waals surface area contributed by atoms with E-state index in [-0.39, 0.29) is 11.9 Å². The Hall–Kier alpha value is -1.91. The average Bonchev–Trinajstić information content (AvgIpc) is 2.20. The summed E-state index contributed by atoms with van der Waals surface area (Å²) in [6.45, 7) is 1.79. The Labute approximate surface area is 87.6 Å². The van der Waals surface area contributed by atoms with E-state index in [9.17, 15) is 4.79 Å². The lowest BCUT2D eigenvalue weighted by molar-refractivity contribution is -0.116. The van der Waals surface area contributed by atoms with Gasteiger partial charge in [0, 0.05) is 6.07 Å². The second-order valence-corrected chi connectivity index (χ2v) is 3.50. The average molecular weight is 207 g/mol. The lowest BCUT2D eigenvalue weighted by Crippen LogP contribution is -2.36. The summed E-state index contributed by atoms with van der Waals surface area (Å²) in [5, 5.41) is 5.83. The molecule has 0 saturated heterocycles. The molecule has 0 bridgehead atoms. The molecule has 1 aliphatic rings. The van der Waals surface area contributed by atoms with Gasteiger partial charge in [-0.25, -0.2) is 0 Å². The number of rotatable bonds is 1. The Kier molecular flexibility index (Phi) is 2.15. The van der Waals surface area contributed by atoms with Crippen LogP contribution in [0.4, 0.5) is 17.1 Å². The number of anilines is 3. The number of ether oxygens (including phenoxy) is 1. The smallest absolute Gasteiger partial charge is 0.246 e. The second-order valence-electron chi connectivity index (χ2n) is 3.50. The zero-order chi connectivity index (χ0) is 11.0. The maximum Gasteiger partial charge on any atom is 0.246 e.